The van der Waals surface area contributed by atoms with E-state index in [1.165, 1.54) is 4.90 Å². The van der Waals surface area contributed by atoms with Gasteiger partial charge in [-0.25, -0.2) is 4.79 Å². The summed E-state index contributed by atoms with van der Waals surface area (Å²) < 4.78 is 0. The fourth-order valence-corrected chi connectivity index (χ4v) is 2.20. The summed E-state index contributed by atoms with van der Waals surface area (Å²) in [7, 11) is 1.57. The number of carboxylic acid groups (broad SMARTS) is 1. The molecule has 0 saturated carbocycles. The number of carbonyl (C=O) groups excluding carboxylic acids is 2. The largest absolute Gasteiger partial charge is 0.481 e. The van der Waals surface area contributed by atoms with Gasteiger partial charge >= 0.3 is 12.0 Å². The summed E-state index contributed by atoms with van der Waals surface area (Å²) >= 11 is 0. The van der Waals surface area contributed by atoms with E-state index in [0.29, 0.717) is 26.1 Å². The predicted octanol–water partition coefficient (Wildman–Crippen LogP) is -0.0291. The van der Waals surface area contributed by atoms with E-state index in [0.717, 1.165) is 0 Å². The van der Waals surface area contributed by atoms with Crippen LogP contribution in [-0.2, 0) is 9.59 Å². The van der Waals surface area contributed by atoms with Gasteiger partial charge in [0.2, 0.25) is 5.91 Å². The zero-order valence-electron chi connectivity index (χ0n) is 11.4. The Labute approximate surface area is 112 Å². The van der Waals surface area contributed by atoms with Crippen LogP contribution in [0.1, 0.15) is 19.8 Å². The fourth-order valence-electron chi connectivity index (χ4n) is 2.20. The van der Waals surface area contributed by atoms with Crippen LogP contribution in [0.25, 0.3) is 0 Å². The van der Waals surface area contributed by atoms with Crippen LogP contribution in [0.4, 0.5) is 4.79 Å². The second kappa shape index (κ2) is 6.96. The van der Waals surface area contributed by atoms with Gasteiger partial charge in [0.1, 0.15) is 6.54 Å². The molecule has 1 saturated heterocycles. The number of rotatable bonds is 5. The number of aliphatic carboxylic acids is 1. The van der Waals surface area contributed by atoms with Crippen LogP contribution < -0.4 is 5.32 Å². The molecule has 0 aromatic heterocycles. The predicted molar refractivity (Wildman–Crippen MR) is 68.6 cm³/mol. The maximum atomic E-state index is 12.0. The van der Waals surface area contributed by atoms with Gasteiger partial charge in [-0.15, -0.1) is 0 Å². The van der Waals surface area contributed by atoms with Crippen molar-refractivity contribution in [3.63, 3.8) is 0 Å². The van der Waals surface area contributed by atoms with E-state index in [9.17, 15) is 14.4 Å². The van der Waals surface area contributed by atoms with Gasteiger partial charge in [-0.3, -0.25) is 9.59 Å². The minimum Gasteiger partial charge on any atom is -0.481 e. The summed E-state index contributed by atoms with van der Waals surface area (Å²) in [5.41, 5.74) is 0. The SMILES string of the molecule is CCNC(=O)CN(C)C(=O)N1CCC(CC(=O)O)C1. The van der Waals surface area contributed by atoms with Crippen molar-refractivity contribution in [2.75, 3.05) is 33.2 Å². The number of nitrogens with zero attached hydrogens (tertiary/aromatic N) is 2. The fraction of sp³-hybridized carbons (Fsp3) is 0.750. The van der Waals surface area contributed by atoms with Crippen LogP contribution in [0.5, 0.6) is 0 Å². The molecule has 1 aliphatic rings. The van der Waals surface area contributed by atoms with Crippen molar-refractivity contribution in [2.24, 2.45) is 5.92 Å². The van der Waals surface area contributed by atoms with Crippen molar-refractivity contribution < 1.29 is 19.5 Å². The van der Waals surface area contributed by atoms with E-state index < -0.39 is 5.97 Å². The minimum atomic E-state index is -0.838. The molecule has 1 rings (SSSR count). The molecule has 19 heavy (non-hydrogen) atoms. The number of urea groups is 1. The molecular formula is C12H21N3O4. The molecule has 1 aliphatic heterocycles. The van der Waals surface area contributed by atoms with Crippen LogP contribution in [0, 0.1) is 5.92 Å². The summed E-state index contributed by atoms with van der Waals surface area (Å²) in [6.07, 6.45) is 0.789. The van der Waals surface area contributed by atoms with Crippen LogP contribution in [0.3, 0.4) is 0 Å². The quantitative estimate of drug-likeness (QED) is 0.735. The number of amides is 3. The molecule has 0 aliphatic carbocycles. The highest BCUT2D eigenvalue weighted by atomic mass is 16.4. The normalized spacial score (nSPS) is 18.2. The average molecular weight is 271 g/mol. The minimum absolute atomic E-state index is 0.0133. The molecule has 7 nitrogen and oxygen atoms in total. The third-order valence-electron chi connectivity index (χ3n) is 3.10. The molecule has 1 unspecified atom stereocenters. The van der Waals surface area contributed by atoms with Gasteiger partial charge in [-0.1, -0.05) is 0 Å². The lowest BCUT2D eigenvalue weighted by Crippen LogP contribution is -2.44. The average Bonchev–Trinajstić information content (AvgIpc) is 2.75. The molecule has 2 N–H and O–H groups in total. The van der Waals surface area contributed by atoms with Crippen molar-refractivity contribution in [3.8, 4) is 0 Å². The first-order chi connectivity index (χ1) is 8.93. The molecule has 0 spiro atoms. The Bertz CT molecular complexity index is 359. The van der Waals surface area contributed by atoms with Crippen molar-refractivity contribution >= 4 is 17.9 Å². The maximum Gasteiger partial charge on any atom is 0.320 e. The Hall–Kier alpha value is -1.79. The van der Waals surface area contributed by atoms with Crippen LogP contribution >= 0.6 is 0 Å². The van der Waals surface area contributed by atoms with Crippen LogP contribution in [-0.4, -0.2) is 66.0 Å². The number of carbonyl (C=O) groups is 3. The summed E-state index contributed by atoms with van der Waals surface area (Å²) in [5.74, 6) is -1.02. The van der Waals surface area contributed by atoms with Crippen molar-refractivity contribution in [3.05, 3.63) is 0 Å². The highest BCUT2D eigenvalue weighted by Gasteiger charge is 2.29. The van der Waals surface area contributed by atoms with Crippen molar-refractivity contribution in [2.45, 2.75) is 19.8 Å². The van der Waals surface area contributed by atoms with E-state index in [-0.39, 0.29) is 30.8 Å². The number of likely N-dealkylation sites (tertiary alicyclic amines) is 1. The van der Waals surface area contributed by atoms with Gasteiger partial charge in [0.15, 0.2) is 0 Å². The van der Waals surface area contributed by atoms with Crippen molar-refractivity contribution in [1.82, 2.24) is 15.1 Å². The Balaban J connectivity index is 2.41. The van der Waals surface area contributed by atoms with Gasteiger partial charge in [-0.2, -0.15) is 0 Å². The second-order valence-electron chi connectivity index (χ2n) is 4.79. The first kappa shape index (κ1) is 15.3. The molecular weight excluding hydrogens is 250 g/mol. The molecule has 1 atom stereocenters. The van der Waals surface area contributed by atoms with E-state index in [1.807, 2.05) is 6.92 Å². The van der Waals surface area contributed by atoms with Gasteiger partial charge in [0.05, 0.1) is 0 Å². The Morgan fingerprint density at radius 3 is 2.68 bits per heavy atom. The molecule has 0 bridgehead atoms. The zero-order chi connectivity index (χ0) is 14.4. The van der Waals surface area contributed by atoms with Crippen molar-refractivity contribution in [1.29, 1.82) is 0 Å². The standard InChI is InChI=1S/C12H21N3O4/c1-3-13-10(16)8-14(2)12(19)15-5-4-9(7-15)6-11(17)18/h9H,3-8H2,1-2H3,(H,13,16)(H,17,18). The monoisotopic (exact) mass is 271 g/mol. The molecule has 1 heterocycles. The van der Waals surface area contributed by atoms with Gasteiger partial charge < -0.3 is 20.2 Å². The number of carboxylic acids is 1. The molecule has 7 heteroatoms. The third-order valence-corrected chi connectivity index (χ3v) is 3.10. The van der Waals surface area contributed by atoms with E-state index in [4.69, 9.17) is 5.11 Å². The zero-order valence-corrected chi connectivity index (χ0v) is 11.4. The number of hydrogen-bond acceptors (Lipinski definition) is 3. The summed E-state index contributed by atoms with van der Waals surface area (Å²) in [6.45, 7) is 3.37. The molecule has 108 valence electrons. The van der Waals surface area contributed by atoms with E-state index in [2.05, 4.69) is 5.32 Å². The first-order valence-electron chi connectivity index (χ1n) is 6.42. The highest BCUT2D eigenvalue weighted by molar-refractivity contribution is 5.84. The second-order valence-corrected chi connectivity index (χ2v) is 4.79. The molecule has 0 radical (unpaired) electrons. The lowest BCUT2D eigenvalue weighted by molar-refractivity contribution is -0.138. The molecule has 3 amide bonds. The van der Waals surface area contributed by atoms with E-state index in [1.54, 1.807) is 11.9 Å². The van der Waals surface area contributed by atoms with Gasteiger partial charge in [0.25, 0.3) is 0 Å². The lowest BCUT2D eigenvalue weighted by atomic mass is 10.1. The maximum absolute atomic E-state index is 12.0. The Kier molecular flexibility index (Phi) is 5.59. The van der Waals surface area contributed by atoms with Gasteiger partial charge in [0, 0.05) is 33.1 Å². The molecule has 0 aromatic rings. The third kappa shape index (κ3) is 4.76. The number of likely N-dealkylation sites (N-methyl/N-ethyl adjacent to an activating group) is 2. The molecule has 0 aromatic carbocycles. The Morgan fingerprint density at radius 1 is 1.42 bits per heavy atom. The summed E-state index contributed by atoms with van der Waals surface area (Å²) in [6, 6.07) is -0.223. The van der Waals surface area contributed by atoms with Gasteiger partial charge in [-0.05, 0) is 19.3 Å². The van der Waals surface area contributed by atoms with Crippen LogP contribution in [0.2, 0.25) is 0 Å². The van der Waals surface area contributed by atoms with Crippen LogP contribution in [0.15, 0.2) is 0 Å². The topological polar surface area (TPSA) is 90.0 Å². The number of hydrogen-bond donors (Lipinski definition) is 2. The number of nitrogens with one attached hydrogen (secondary N) is 1. The lowest BCUT2D eigenvalue weighted by Gasteiger charge is -2.24. The highest BCUT2D eigenvalue weighted by Crippen LogP contribution is 2.20. The van der Waals surface area contributed by atoms with E-state index >= 15 is 0 Å². The first-order valence-corrected chi connectivity index (χ1v) is 6.42. The molecule has 1 fully saturated rings. The Morgan fingerprint density at radius 2 is 2.11 bits per heavy atom. The smallest absolute Gasteiger partial charge is 0.320 e. The summed E-state index contributed by atoms with van der Waals surface area (Å²) in [4.78, 5) is 37.0. The summed E-state index contributed by atoms with van der Waals surface area (Å²) in [5, 5.41) is 11.3.